The monoisotopic (exact) mass is 596 g/mol. The lowest BCUT2D eigenvalue weighted by atomic mass is 9.70. The number of nitrogens with zero attached hydrogens (tertiary/aromatic N) is 2. The first kappa shape index (κ1) is 33.2. The highest BCUT2D eigenvalue weighted by atomic mass is 16.6. The summed E-state index contributed by atoms with van der Waals surface area (Å²) in [5.41, 5.74) is -0.881. The predicted octanol–water partition coefficient (Wildman–Crippen LogP) is 1.05. The van der Waals surface area contributed by atoms with Crippen LogP contribution in [0, 0.1) is 5.92 Å². The number of aliphatic carboxylic acids is 1. The Labute approximate surface area is 250 Å². The van der Waals surface area contributed by atoms with E-state index in [1.54, 1.807) is 12.1 Å². The number of nitrogens with one attached hydrogen (secondary N) is 2. The molecule has 0 spiro atoms. The molecule has 0 bridgehead atoms. The third-order valence-corrected chi connectivity index (χ3v) is 6.83. The fourth-order valence-corrected chi connectivity index (χ4v) is 4.53. The Hall–Kier alpha value is -4.30. The molecule has 3 amide bonds. The topological polar surface area (TPSA) is 184 Å². The normalized spacial score (nSPS) is 18.7. The zero-order chi connectivity index (χ0) is 31.9. The number of benzene rings is 1. The standard InChI is InChI=1S/C29H37BN4O9/c1-17(2)14-22(30-42-24(37)16-29(43-30,28(40)41)15-23(36)34(4)5)32-27(39)25(18(3)35)33-26(38)21-13-9-12-20(31-21)19-10-7-6-8-11-19/h6-13,17-18,22,25,35H,14-16H2,1-5H3,(H,32,39)(H,33,38)(H,40,41)/t18?,22?,25?,29-/m1/s1. The lowest BCUT2D eigenvalue weighted by Gasteiger charge is -2.39. The van der Waals surface area contributed by atoms with E-state index in [1.165, 1.54) is 32.0 Å². The first-order valence-corrected chi connectivity index (χ1v) is 13.8. The van der Waals surface area contributed by atoms with Crippen LogP contribution in [0.25, 0.3) is 11.3 Å². The van der Waals surface area contributed by atoms with E-state index in [1.807, 2.05) is 44.2 Å². The van der Waals surface area contributed by atoms with Gasteiger partial charge in [0.25, 0.3) is 11.9 Å². The molecule has 0 aliphatic carbocycles. The summed E-state index contributed by atoms with van der Waals surface area (Å²) >= 11 is 0. The minimum absolute atomic E-state index is 0.0138. The van der Waals surface area contributed by atoms with E-state index in [-0.39, 0.29) is 18.0 Å². The molecule has 43 heavy (non-hydrogen) atoms. The number of aromatic nitrogens is 1. The van der Waals surface area contributed by atoms with E-state index in [4.69, 9.17) is 9.31 Å². The largest absolute Gasteiger partial charge is 0.552 e. The lowest BCUT2D eigenvalue weighted by Crippen LogP contribution is -2.63. The summed E-state index contributed by atoms with van der Waals surface area (Å²) in [7, 11) is 1.32. The van der Waals surface area contributed by atoms with Crippen molar-refractivity contribution >= 4 is 36.8 Å². The summed E-state index contributed by atoms with van der Waals surface area (Å²) in [6.07, 6.45) is -2.53. The number of rotatable bonds is 12. The number of carboxylic acid groups (broad SMARTS) is 1. The van der Waals surface area contributed by atoms with E-state index in [2.05, 4.69) is 15.6 Å². The maximum atomic E-state index is 13.4. The molecule has 14 heteroatoms. The van der Waals surface area contributed by atoms with Gasteiger partial charge in [-0.1, -0.05) is 50.2 Å². The van der Waals surface area contributed by atoms with Gasteiger partial charge in [-0.2, -0.15) is 0 Å². The summed E-state index contributed by atoms with van der Waals surface area (Å²) < 4.78 is 11.1. The highest BCUT2D eigenvalue weighted by molar-refractivity contribution is 6.50. The molecule has 4 atom stereocenters. The van der Waals surface area contributed by atoms with Crippen molar-refractivity contribution in [2.75, 3.05) is 14.1 Å². The lowest BCUT2D eigenvalue weighted by molar-refractivity contribution is -0.173. The summed E-state index contributed by atoms with van der Waals surface area (Å²) in [6, 6.07) is 12.6. The van der Waals surface area contributed by atoms with Gasteiger partial charge in [0.05, 0.1) is 30.6 Å². The Kier molecular flexibility index (Phi) is 11.0. The van der Waals surface area contributed by atoms with E-state index >= 15 is 0 Å². The number of amides is 3. The van der Waals surface area contributed by atoms with Gasteiger partial charge in [-0.3, -0.25) is 19.2 Å². The van der Waals surface area contributed by atoms with E-state index < -0.39 is 73.3 Å². The van der Waals surface area contributed by atoms with Crippen molar-refractivity contribution in [1.82, 2.24) is 20.5 Å². The number of carboxylic acids is 1. The zero-order valence-corrected chi connectivity index (χ0v) is 24.8. The van der Waals surface area contributed by atoms with Crippen molar-refractivity contribution in [1.29, 1.82) is 0 Å². The molecule has 13 nitrogen and oxygen atoms in total. The fourth-order valence-electron chi connectivity index (χ4n) is 4.53. The van der Waals surface area contributed by atoms with Crippen molar-refractivity contribution in [2.45, 2.75) is 63.7 Å². The molecule has 1 fully saturated rings. The highest BCUT2D eigenvalue weighted by Gasteiger charge is 2.55. The molecule has 1 saturated heterocycles. The second kappa shape index (κ2) is 14.3. The smallest absolute Gasteiger partial charge is 0.508 e. The number of carbonyl (C=O) groups is 5. The molecule has 230 valence electrons. The second-order valence-electron chi connectivity index (χ2n) is 11.1. The van der Waals surface area contributed by atoms with Crippen LogP contribution < -0.4 is 10.6 Å². The first-order chi connectivity index (χ1) is 20.2. The minimum Gasteiger partial charge on any atom is -0.508 e. The van der Waals surface area contributed by atoms with Gasteiger partial charge in [0.1, 0.15) is 11.7 Å². The van der Waals surface area contributed by atoms with Gasteiger partial charge in [0.2, 0.25) is 11.8 Å². The molecule has 0 saturated carbocycles. The number of hydrogen-bond donors (Lipinski definition) is 4. The van der Waals surface area contributed by atoms with Gasteiger partial charge < -0.3 is 35.1 Å². The van der Waals surface area contributed by atoms with E-state index in [9.17, 15) is 34.2 Å². The Bertz CT molecular complexity index is 1340. The number of aliphatic hydroxyl groups is 1. The van der Waals surface area contributed by atoms with Crippen LogP contribution in [0.3, 0.4) is 0 Å². The van der Waals surface area contributed by atoms with Crippen molar-refractivity contribution in [3.05, 3.63) is 54.2 Å². The Morgan fingerprint density at radius 2 is 1.72 bits per heavy atom. The van der Waals surface area contributed by atoms with Crippen molar-refractivity contribution in [3.8, 4) is 11.3 Å². The Morgan fingerprint density at radius 3 is 2.30 bits per heavy atom. The van der Waals surface area contributed by atoms with E-state index in [0.717, 1.165) is 5.56 Å². The predicted molar refractivity (Wildman–Crippen MR) is 155 cm³/mol. The van der Waals surface area contributed by atoms with Crippen LogP contribution in [-0.2, 0) is 28.5 Å². The fraction of sp³-hybridized carbons (Fsp3) is 0.448. The maximum Gasteiger partial charge on any atom is 0.552 e. The highest BCUT2D eigenvalue weighted by Crippen LogP contribution is 2.30. The van der Waals surface area contributed by atoms with Crippen LogP contribution in [0.4, 0.5) is 0 Å². The summed E-state index contributed by atoms with van der Waals surface area (Å²) in [4.78, 5) is 69.4. The van der Waals surface area contributed by atoms with Crippen LogP contribution in [0.5, 0.6) is 0 Å². The molecule has 1 aromatic carbocycles. The van der Waals surface area contributed by atoms with Crippen LogP contribution in [0.1, 0.15) is 50.5 Å². The molecule has 2 aromatic rings. The van der Waals surface area contributed by atoms with E-state index in [0.29, 0.717) is 5.69 Å². The molecule has 3 unspecified atom stereocenters. The van der Waals surface area contributed by atoms with Crippen molar-refractivity contribution in [3.63, 3.8) is 0 Å². The van der Waals surface area contributed by atoms with Crippen LogP contribution in [-0.4, -0.2) is 94.7 Å². The average Bonchev–Trinajstić information content (AvgIpc) is 2.95. The SMILES string of the molecule is CC(C)CC(NC(=O)C(NC(=O)c1cccc(-c2ccccc2)n1)C(C)O)B1OC(=O)C[C@](CC(=O)N(C)C)(C(=O)O)O1. The summed E-state index contributed by atoms with van der Waals surface area (Å²) in [6.45, 7) is 4.96. The first-order valence-electron chi connectivity index (χ1n) is 13.8. The van der Waals surface area contributed by atoms with Gasteiger partial charge in [-0.05, 0) is 31.4 Å². The molecule has 1 aliphatic rings. The van der Waals surface area contributed by atoms with Crippen LogP contribution in [0.15, 0.2) is 48.5 Å². The molecular formula is C29H37BN4O9. The van der Waals surface area contributed by atoms with Gasteiger partial charge in [-0.15, -0.1) is 0 Å². The molecular weight excluding hydrogens is 559 g/mol. The van der Waals surface area contributed by atoms with Gasteiger partial charge >= 0.3 is 13.1 Å². The molecule has 1 aromatic heterocycles. The summed E-state index contributed by atoms with van der Waals surface area (Å²) in [5.74, 6) is -5.75. The molecule has 1 aliphatic heterocycles. The van der Waals surface area contributed by atoms with Gasteiger partial charge in [-0.25, -0.2) is 9.78 Å². The number of pyridine rings is 1. The van der Waals surface area contributed by atoms with Gasteiger partial charge in [0.15, 0.2) is 5.60 Å². The minimum atomic E-state index is -2.21. The maximum absolute atomic E-state index is 13.4. The van der Waals surface area contributed by atoms with Crippen molar-refractivity contribution in [2.24, 2.45) is 5.92 Å². The third-order valence-electron chi connectivity index (χ3n) is 6.83. The molecule has 4 N–H and O–H groups in total. The summed E-state index contributed by atoms with van der Waals surface area (Å²) in [5, 5.41) is 25.6. The number of aliphatic hydroxyl groups excluding tert-OH is 1. The third kappa shape index (κ3) is 8.61. The zero-order valence-electron chi connectivity index (χ0n) is 24.8. The number of hydrogen-bond acceptors (Lipinski definition) is 9. The Balaban J connectivity index is 1.82. The van der Waals surface area contributed by atoms with Crippen LogP contribution in [0.2, 0.25) is 0 Å². The van der Waals surface area contributed by atoms with Crippen molar-refractivity contribution < 1.29 is 43.5 Å². The molecule has 2 heterocycles. The average molecular weight is 596 g/mol. The molecule has 3 rings (SSSR count). The quantitative estimate of drug-likeness (QED) is 0.258. The van der Waals surface area contributed by atoms with Crippen LogP contribution >= 0.6 is 0 Å². The number of carbonyl (C=O) groups excluding carboxylic acids is 4. The Morgan fingerprint density at radius 1 is 1.05 bits per heavy atom. The van der Waals surface area contributed by atoms with Gasteiger partial charge in [0, 0.05) is 19.7 Å². The second-order valence-corrected chi connectivity index (χ2v) is 11.1. The molecule has 0 radical (unpaired) electrons.